The van der Waals surface area contributed by atoms with E-state index >= 15 is 0 Å². The highest BCUT2D eigenvalue weighted by molar-refractivity contribution is 5.97. The fourth-order valence-corrected chi connectivity index (χ4v) is 2.91. The Bertz CT molecular complexity index is 953. The van der Waals surface area contributed by atoms with E-state index in [0.717, 1.165) is 4.57 Å². The highest BCUT2D eigenvalue weighted by Gasteiger charge is 2.35. The average molecular weight is 361 g/mol. The topological polar surface area (TPSA) is 121 Å². The molecule has 1 amide bonds. The van der Waals surface area contributed by atoms with Gasteiger partial charge in [0, 0.05) is 18.7 Å². The van der Waals surface area contributed by atoms with Gasteiger partial charge in [0.1, 0.15) is 0 Å². The molecule has 1 aromatic carbocycles. The summed E-state index contributed by atoms with van der Waals surface area (Å²) < 4.78 is 1.08. The standard InChI is InChI=1S/C18H23N3O5/c1-4-18(5-2,16(24)25)10-19-14(22)11-7-8-12-13(9-11)20-17(26)21(6-3)15(12)23/h7-9H,4-6,10H2,1-3H3,(H,19,22)(H,20,26)(H,24,25). The van der Waals surface area contributed by atoms with Gasteiger partial charge in [-0.2, -0.15) is 0 Å². The van der Waals surface area contributed by atoms with Crippen LogP contribution in [-0.4, -0.2) is 33.1 Å². The number of aromatic nitrogens is 2. The number of aliphatic carboxylic acids is 1. The molecule has 3 N–H and O–H groups in total. The Balaban J connectivity index is 2.33. The van der Waals surface area contributed by atoms with Crippen molar-refractivity contribution in [2.24, 2.45) is 5.41 Å². The first kappa shape index (κ1) is 19.4. The quantitative estimate of drug-likeness (QED) is 0.687. The number of aromatic amines is 1. The van der Waals surface area contributed by atoms with Crippen molar-refractivity contribution in [2.45, 2.75) is 40.2 Å². The maximum Gasteiger partial charge on any atom is 0.328 e. The van der Waals surface area contributed by atoms with Crippen LogP contribution >= 0.6 is 0 Å². The normalized spacial score (nSPS) is 11.5. The molecule has 0 aliphatic heterocycles. The number of carbonyl (C=O) groups excluding carboxylic acids is 1. The molecule has 0 saturated heterocycles. The van der Waals surface area contributed by atoms with Crippen LogP contribution in [0.4, 0.5) is 0 Å². The molecule has 1 aromatic heterocycles. The van der Waals surface area contributed by atoms with Crippen LogP contribution in [-0.2, 0) is 11.3 Å². The number of carbonyl (C=O) groups is 2. The van der Waals surface area contributed by atoms with Crippen LogP contribution in [0.3, 0.4) is 0 Å². The highest BCUT2D eigenvalue weighted by Crippen LogP contribution is 2.25. The summed E-state index contributed by atoms with van der Waals surface area (Å²) in [7, 11) is 0. The number of H-pyrrole nitrogens is 1. The molecule has 0 atom stereocenters. The molecule has 140 valence electrons. The Morgan fingerprint density at radius 3 is 2.38 bits per heavy atom. The zero-order chi connectivity index (χ0) is 19.5. The molecule has 2 rings (SSSR count). The Labute approximate surface area is 149 Å². The van der Waals surface area contributed by atoms with Crippen LogP contribution in [0.1, 0.15) is 44.0 Å². The van der Waals surface area contributed by atoms with E-state index in [-0.39, 0.29) is 24.2 Å². The fraction of sp³-hybridized carbons (Fsp3) is 0.444. The third-order valence-corrected chi connectivity index (χ3v) is 4.95. The molecule has 0 radical (unpaired) electrons. The summed E-state index contributed by atoms with van der Waals surface area (Å²) in [4.78, 5) is 50.7. The van der Waals surface area contributed by atoms with Gasteiger partial charge in [-0.15, -0.1) is 0 Å². The van der Waals surface area contributed by atoms with Gasteiger partial charge in [-0.05, 0) is 38.0 Å². The maximum absolute atomic E-state index is 12.4. The number of carboxylic acid groups (broad SMARTS) is 1. The third-order valence-electron chi connectivity index (χ3n) is 4.95. The Hall–Kier alpha value is -2.90. The number of benzene rings is 1. The molecule has 8 nitrogen and oxygen atoms in total. The summed E-state index contributed by atoms with van der Waals surface area (Å²) in [6.07, 6.45) is 0.779. The number of fused-ring (bicyclic) bond motifs is 1. The second kappa shape index (κ2) is 7.55. The van der Waals surface area contributed by atoms with E-state index in [0.29, 0.717) is 18.2 Å². The molecule has 0 bridgehead atoms. The lowest BCUT2D eigenvalue weighted by Gasteiger charge is -2.26. The maximum atomic E-state index is 12.4. The SMILES string of the molecule is CCn1c(=O)[nH]c2cc(C(=O)NCC(CC)(CC)C(=O)O)ccc2c1=O. The van der Waals surface area contributed by atoms with Gasteiger partial charge < -0.3 is 15.4 Å². The van der Waals surface area contributed by atoms with Crippen LogP contribution in [0.2, 0.25) is 0 Å². The smallest absolute Gasteiger partial charge is 0.328 e. The van der Waals surface area contributed by atoms with Gasteiger partial charge in [-0.3, -0.25) is 19.0 Å². The van der Waals surface area contributed by atoms with Gasteiger partial charge in [-0.1, -0.05) is 13.8 Å². The molecule has 0 saturated carbocycles. The highest BCUT2D eigenvalue weighted by atomic mass is 16.4. The molecule has 0 spiro atoms. The van der Waals surface area contributed by atoms with Gasteiger partial charge in [0.2, 0.25) is 0 Å². The molecule has 8 heteroatoms. The van der Waals surface area contributed by atoms with E-state index < -0.39 is 28.5 Å². The molecule has 0 aliphatic carbocycles. The molecule has 0 aliphatic rings. The predicted molar refractivity (Wildman–Crippen MR) is 97.5 cm³/mol. The van der Waals surface area contributed by atoms with Crippen LogP contribution in [0, 0.1) is 5.41 Å². The van der Waals surface area contributed by atoms with Gasteiger partial charge in [0.15, 0.2) is 0 Å². The third kappa shape index (κ3) is 3.40. The lowest BCUT2D eigenvalue weighted by Crippen LogP contribution is -2.42. The summed E-state index contributed by atoms with van der Waals surface area (Å²) in [5.41, 5.74) is -1.46. The summed E-state index contributed by atoms with van der Waals surface area (Å²) in [5.74, 6) is -1.41. The predicted octanol–water partition coefficient (Wildman–Crippen LogP) is 1.33. The zero-order valence-electron chi connectivity index (χ0n) is 15.1. The van der Waals surface area contributed by atoms with Crippen molar-refractivity contribution in [1.82, 2.24) is 14.9 Å². The van der Waals surface area contributed by atoms with Crippen molar-refractivity contribution < 1.29 is 14.7 Å². The number of nitrogens with one attached hydrogen (secondary N) is 2. The van der Waals surface area contributed by atoms with Gasteiger partial charge in [0.25, 0.3) is 11.5 Å². The summed E-state index contributed by atoms with van der Waals surface area (Å²) in [6.45, 7) is 5.48. The monoisotopic (exact) mass is 361 g/mol. The van der Waals surface area contributed by atoms with E-state index in [4.69, 9.17) is 0 Å². The van der Waals surface area contributed by atoms with E-state index in [1.165, 1.54) is 18.2 Å². The van der Waals surface area contributed by atoms with Crippen molar-refractivity contribution >= 4 is 22.8 Å². The summed E-state index contributed by atoms with van der Waals surface area (Å²) >= 11 is 0. The molecule has 0 fully saturated rings. The van der Waals surface area contributed by atoms with E-state index in [2.05, 4.69) is 10.3 Å². The molecule has 26 heavy (non-hydrogen) atoms. The Morgan fingerprint density at radius 1 is 1.19 bits per heavy atom. The number of hydrogen-bond donors (Lipinski definition) is 3. The minimum Gasteiger partial charge on any atom is -0.481 e. The zero-order valence-corrected chi connectivity index (χ0v) is 15.1. The van der Waals surface area contributed by atoms with Crippen molar-refractivity contribution in [3.63, 3.8) is 0 Å². The fourth-order valence-electron chi connectivity index (χ4n) is 2.91. The second-order valence-corrected chi connectivity index (χ2v) is 6.22. The largest absolute Gasteiger partial charge is 0.481 e. The minimum atomic E-state index is -1.02. The van der Waals surface area contributed by atoms with Gasteiger partial charge in [0.05, 0.1) is 16.3 Å². The molecular formula is C18H23N3O5. The second-order valence-electron chi connectivity index (χ2n) is 6.22. The molecule has 2 aromatic rings. The first-order chi connectivity index (χ1) is 12.3. The average Bonchev–Trinajstić information content (AvgIpc) is 2.62. The van der Waals surface area contributed by atoms with Crippen LogP contribution in [0.25, 0.3) is 10.9 Å². The Morgan fingerprint density at radius 2 is 1.85 bits per heavy atom. The van der Waals surface area contributed by atoms with Crippen LogP contribution in [0.15, 0.2) is 27.8 Å². The number of amides is 1. The van der Waals surface area contributed by atoms with Crippen LogP contribution < -0.4 is 16.6 Å². The first-order valence-electron chi connectivity index (χ1n) is 8.58. The number of hydrogen-bond acceptors (Lipinski definition) is 4. The van der Waals surface area contributed by atoms with Gasteiger partial charge in [-0.25, -0.2) is 4.79 Å². The number of rotatable bonds is 7. The van der Waals surface area contributed by atoms with Crippen molar-refractivity contribution in [1.29, 1.82) is 0 Å². The van der Waals surface area contributed by atoms with Crippen LogP contribution in [0.5, 0.6) is 0 Å². The minimum absolute atomic E-state index is 0.000152. The first-order valence-corrected chi connectivity index (χ1v) is 8.58. The van der Waals surface area contributed by atoms with E-state index in [1.54, 1.807) is 20.8 Å². The van der Waals surface area contributed by atoms with E-state index in [9.17, 15) is 24.3 Å². The van der Waals surface area contributed by atoms with Gasteiger partial charge >= 0.3 is 11.7 Å². The molecule has 1 heterocycles. The Kier molecular flexibility index (Phi) is 5.64. The van der Waals surface area contributed by atoms with Crippen molar-refractivity contribution in [2.75, 3.05) is 6.54 Å². The molecule has 0 unspecified atom stereocenters. The van der Waals surface area contributed by atoms with E-state index in [1.807, 2.05) is 0 Å². The lowest BCUT2D eigenvalue weighted by molar-refractivity contribution is -0.149. The number of nitrogens with zero attached hydrogens (tertiary/aromatic N) is 1. The lowest BCUT2D eigenvalue weighted by atomic mass is 9.82. The van der Waals surface area contributed by atoms with Crippen molar-refractivity contribution in [3.05, 3.63) is 44.6 Å². The molecular weight excluding hydrogens is 338 g/mol. The number of carboxylic acids is 1. The van der Waals surface area contributed by atoms with Crippen molar-refractivity contribution in [3.8, 4) is 0 Å². The summed E-state index contributed by atoms with van der Waals surface area (Å²) in [5, 5.41) is 12.4. The summed E-state index contributed by atoms with van der Waals surface area (Å²) in [6, 6.07) is 4.39.